The summed E-state index contributed by atoms with van der Waals surface area (Å²) in [5.74, 6) is 0. The maximum Gasteiger partial charge on any atom is 0.0213 e. The molecule has 1 aromatic rings. The molecule has 2 aliphatic rings. The lowest BCUT2D eigenvalue weighted by Gasteiger charge is -2.35. The molecule has 2 saturated heterocycles. The maximum absolute atomic E-state index is 3.82. The second-order valence-corrected chi connectivity index (χ2v) is 6.81. The molecule has 3 rings (SSSR count). The van der Waals surface area contributed by atoms with Crippen molar-refractivity contribution in [2.45, 2.75) is 65.1 Å². The SMILES string of the molecule is Cc1cc(C)c(CNC2CCN3CCCC3C2)c(C)c1. The number of nitrogens with one attached hydrogen (secondary N) is 1. The maximum atomic E-state index is 3.82. The lowest BCUT2D eigenvalue weighted by atomic mass is 9.96. The summed E-state index contributed by atoms with van der Waals surface area (Å²) in [5.41, 5.74) is 5.76. The van der Waals surface area contributed by atoms with E-state index >= 15 is 0 Å². The molecule has 1 aromatic carbocycles. The fourth-order valence-corrected chi connectivity index (χ4v) is 4.14. The number of fused-ring (bicyclic) bond motifs is 1. The van der Waals surface area contributed by atoms with Gasteiger partial charge in [0.1, 0.15) is 0 Å². The Bertz CT molecular complexity index is 457. The minimum atomic E-state index is 0.717. The Hall–Kier alpha value is -0.860. The summed E-state index contributed by atoms with van der Waals surface area (Å²) >= 11 is 0. The van der Waals surface area contributed by atoms with E-state index in [1.807, 2.05) is 0 Å². The summed E-state index contributed by atoms with van der Waals surface area (Å²) < 4.78 is 0. The van der Waals surface area contributed by atoms with Crippen LogP contribution in [0.4, 0.5) is 0 Å². The largest absolute Gasteiger partial charge is 0.310 e. The molecule has 2 nitrogen and oxygen atoms in total. The van der Waals surface area contributed by atoms with Crippen molar-refractivity contribution in [1.82, 2.24) is 10.2 Å². The Balaban J connectivity index is 1.60. The predicted molar refractivity (Wildman–Crippen MR) is 85.1 cm³/mol. The molecule has 0 amide bonds. The van der Waals surface area contributed by atoms with Crippen LogP contribution in [0.2, 0.25) is 0 Å². The third-order valence-electron chi connectivity index (χ3n) is 5.23. The fraction of sp³-hybridized carbons (Fsp3) is 0.667. The molecule has 1 N–H and O–H groups in total. The van der Waals surface area contributed by atoms with Gasteiger partial charge in [0.15, 0.2) is 0 Å². The van der Waals surface area contributed by atoms with Gasteiger partial charge in [-0.05, 0) is 76.2 Å². The highest BCUT2D eigenvalue weighted by Gasteiger charge is 2.31. The number of aryl methyl sites for hydroxylation is 3. The van der Waals surface area contributed by atoms with Crippen molar-refractivity contribution in [2.75, 3.05) is 13.1 Å². The fourth-order valence-electron chi connectivity index (χ4n) is 4.14. The normalized spacial score (nSPS) is 26.8. The summed E-state index contributed by atoms with van der Waals surface area (Å²) in [6, 6.07) is 6.20. The zero-order chi connectivity index (χ0) is 14.1. The molecule has 2 heterocycles. The van der Waals surface area contributed by atoms with Gasteiger partial charge in [-0.25, -0.2) is 0 Å². The van der Waals surface area contributed by atoms with Gasteiger partial charge in [-0.2, -0.15) is 0 Å². The Morgan fingerprint density at radius 2 is 1.85 bits per heavy atom. The number of piperidine rings is 1. The lowest BCUT2D eigenvalue weighted by Crippen LogP contribution is -2.45. The Morgan fingerprint density at radius 1 is 1.10 bits per heavy atom. The quantitative estimate of drug-likeness (QED) is 0.908. The number of hydrogen-bond donors (Lipinski definition) is 1. The molecule has 2 unspecified atom stereocenters. The molecule has 0 saturated carbocycles. The van der Waals surface area contributed by atoms with Gasteiger partial charge in [-0.15, -0.1) is 0 Å². The highest BCUT2D eigenvalue weighted by atomic mass is 15.2. The van der Waals surface area contributed by atoms with Crippen molar-refractivity contribution >= 4 is 0 Å². The molecule has 2 heteroatoms. The van der Waals surface area contributed by atoms with Crippen LogP contribution < -0.4 is 5.32 Å². The van der Waals surface area contributed by atoms with Crippen LogP contribution in [0, 0.1) is 20.8 Å². The van der Waals surface area contributed by atoms with E-state index in [4.69, 9.17) is 0 Å². The van der Waals surface area contributed by atoms with Crippen LogP contribution >= 0.6 is 0 Å². The van der Waals surface area contributed by atoms with Crippen molar-refractivity contribution in [3.8, 4) is 0 Å². The Labute approximate surface area is 123 Å². The Kier molecular flexibility index (Phi) is 4.13. The van der Waals surface area contributed by atoms with Crippen molar-refractivity contribution < 1.29 is 0 Å². The first-order valence-corrected chi connectivity index (χ1v) is 8.17. The van der Waals surface area contributed by atoms with Gasteiger partial charge >= 0.3 is 0 Å². The van der Waals surface area contributed by atoms with Gasteiger partial charge in [0.05, 0.1) is 0 Å². The predicted octanol–water partition coefficient (Wildman–Crippen LogP) is 3.33. The van der Waals surface area contributed by atoms with E-state index in [0.29, 0.717) is 0 Å². The zero-order valence-electron chi connectivity index (χ0n) is 13.2. The molecule has 2 fully saturated rings. The third kappa shape index (κ3) is 2.91. The summed E-state index contributed by atoms with van der Waals surface area (Å²) in [5, 5.41) is 3.82. The van der Waals surface area contributed by atoms with Crippen LogP contribution in [0.15, 0.2) is 12.1 Å². The number of hydrogen-bond acceptors (Lipinski definition) is 2. The first-order valence-electron chi connectivity index (χ1n) is 8.17. The van der Waals surface area contributed by atoms with Crippen LogP contribution in [0.25, 0.3) is 0 Å². The minimum Gasteiger partial charge on any atom is -0.310 e. The number of nitrogens with zero attached hydrogens (tertiary/aromatic N) is 1. The molecule has 2 atom stereocenters. The van der Waals surface area contributed by atoms with Gasteiger partial charge in [-0.1, -0.05) is 17.7 Å². The van der Waals surface area contributed by atoms with Gasteiger partial charge in [0, 0.05) is 18.6 Å². The summed E-state index contributed by atoms with van der Waals surface area (Å²) in [4.78, 5) is 2.69. The van der Waals surface area contributed by atoms with Crippen molar-refractivity contribution in [1.29, 1.82) is 0 Å². The Morgan fingerprint density at radius 3 is 2.60 bits per heavy atom. The van der Waals surface area contributed by atoms with Crippen LogP contribution in [-0.4, -0.2) is 30.1 Å². The van der Waals surface area contributed by atoms with Crippen molar-refractivity contribution in [3.05, 3.63) is 34.4 Å². The van der Waals surface area contributed by atoms with Crippen LogP contribution in [0.5, 0.6) is 0 Å². The molecule has 0 aliphatic carbocycles. The molecule has 20 heavy (non-hydrogen) atoms. The van der Waals surface area contributed by atoms with E-state index in [-0.39, 0.29) is 0 Å². The first-order chi connectivity index (χ1) is 9.63. The summed E-state index contributed by atoms with van der Waals surface area (Å²) in [7, 11) is 0. The molecule has 0 aromatic heterocycles. The number of benzene rings is 1. The van der Waals surface area contributed by atoms with Crippen molar-refractivity contribution in [3.63, 3.8) is 0 Å². The van der Waals surface area contributed by atoms with E-state index in [9.17, 15) is 0 Å². The van der Waals surface area contributed by atoms with Gasteiger partial charge in [-0.3, -0.25) is 0 Å². The summed E-state index contributed by atoms with van der Waals surface area (Å²) in [6.45, 7) is 10.4. The molecule has 110 valence electrons. The molecular weight excluding hydrogens is 244 g/mol. The second kappa shape index (κ2) is 5.87. The molecular formula is C18H28N2. The average molecular weight is 272 g/mol. The average Bonchev–Trinajstić information content (AvgIpc) is 2.84. The van der Waals surface area contributed by atoms with E-state index in [0.717, 1.165) is 18.6 Å². The van der Waals surface area contributed by atoms with Gasteiger partial charge in [0.2, 0.25) is 0 Å². The molecule has 0 radical (unpaired) electrons. The van der Waals surface area contributed by atoms with Gasteiger partial charge < -0.3 is 10.2 Å². The minimum absolute atomic E-state index is 0.717. The number of rotatable bonds is 3. The van der Waals surface area contributed by atoms with Crippen LogP contribution in [-0.2, 0) is 6.54 Å². The highest BCUT2D eigenvalue weighted by Crippen LogP contribution is 2.27. The smallest absolute Gasteiger partial charge is 0.0213 e. The first kappa shape index (κ1) is 14.1. The van der Waals surface area contributed by atoms with Crippen LogP contribution in [0.3, 0.4) is 0 Å². The van der Waals surface area contributed by atoms with E-state index < -0.39 is 0 Å². The molecule has 0 bridgehead atoms. The monoisotopic (exact) mass is 272 g/mol. The lowest BCUT2D eigenvalue weighted by molar-refractivity contribution is 0.166. The standard InChI is InChI=1S/C18H28N2/c1-13-9-14(2)18(15(3)10-13)12-19-16-6-8-20-7-4-5-17(20)11-16/h9-10,16-17,19H,4-8,11-12H2,1-3H3. The second-order valence-electron chi connectivity index (χ2n) is 6.81. The highest BCUT2D eigenvalue weighted by molar-refractivity contribution is 5.37. The van der Waals surface area contributed by atoms with Gasteiger partial charge in [0.25, 0.3) is 0 Å². The van der Waals surface area contributed by atoms with E-state index in [2.05, 4.69) is 43.1 Å². The van der Waals surface area contributed by atoms with E-state index in [1.54, 1.807) is 0 Å². The molecule has 0 spiro atoms. The van der Waals surface area contributed by atoms with E-state index in [1.165, 1.54) is 61.0 Å². The molecule has 2 aliphatic heterocycles. The van der Waals surface area contributed by atoms with Crippen molar-refractivity contribution in [2.24, 2.45) is 0 Å². The topological polar surface area (TPSA) is 15.3 Å². The zero-order valence-corrected chi connectivity index (χ0v) is 13.2. The van der Waals surface area contributed by atoms with Crippen LogP contribution in [0.1, 0.15) is 47.9 Å². The third-order valence-corrected chi connectivity index (χ3v) is 5.23. The summed E-state index contributed by atoms with van der Waals surface area (Å²) in [6.07, 6.45) is 5.50.